The third-order valence-electron chi connectivity index (χ3n) is 5.53. The van der Waals surface area contributed by atoms with Crippen molar-refractivity contribution in [1.29, 1.82) is 0 Å². The van der Waals surface area contributed by atoms with Gasteiger partial charge in [0.25, 0.3) is 0 Å². The number of benzene rings is 1. The van der Waals surface area contributed by atoms with Crippen LogP contribution < -0.4 is 5.32 Å². The molecule has 0 bridgehead atoms. The minimum Gasteiger partial charge on any atom is -0.313 e. The summed E-state index contributed by atoms with van der Waals surface area (Å²) in [6, 6.07) is 11.3. The molecule has 2 fully saturated rings. The van der Waals surface area contributed by atoms with Crippen molar-refractivity contribution in [2.75, 3.05) is 6.54 Å². The average Bonchev–Trinajstić information content (AvgIpc) is 2.50. The van der Waals surface area contributed by atoms with Gasteiger partial charge in [0.2, 0.25) is 0 Å². The van der Waals surface area contributed by atoms with Crippen LogP contribution in [0.3, 0.4) is 0 Å². The minimum atomic E-state index is 0.616. The van der Waals surface area contributed by atoms with Gasteiger partial charge >= 0.3 is 0 Å². The second-order valence-electron chi connectivity index (χ2n) is 6.50. The Morgan fingerprint density at radius 3 is 3.05 bits per heavy atom. The monoisotopic (exact) mass is 278 g/mol. The van der Waals surface area contributed by atoms with E-state index >= 15 is 0 Å². The van der Waals surface area contributed by atoms with Gasteiger partial charge in [-0.2, -0.15) is 0 Å². The predicted octanol–water partition coefficient (Wildman–Crippen LogP) is 3.58. The van der Waals surface area contributed by atoms with E-state index in [0.29, 0.717) is 6.04 Å². The molecule has 1 saturated carbocycles. The largest absolute Gasteiger partial charge is 0.313 e. The standard InChI is InChI=1S/C19H22N2/c1-2-13-11-17-15(13)8-10-21-19(17)12-14-7-9-20-18-6-4-3-5-16(14)18/h2-7,9,13,15,17,19,21H,1,8,10-12H2. The van der Waals surface area contributed by atoms with Gasteiger partial charge in [0, 0.05) is 17.6 Å². The van der Waals surface area contributed by atoms with E-state index in [2.05, 4.69) is 53.3 Å². The van der Waals surface area contributed by atoms with E-state index in [-0.39, 0.29) is 0 Å². The van der Waals surface area contributed by atoms with Gasteiger partial charge in [0.05, 0.1) is 5.52 Å². The highest BCUT2D eigenvalue weighted by Gasteiger charge is 2.45. The first-order chi connectivity index (χ1) is 10.4. The fourth-order valence-electron chi connectivity index (χ4n) is 4.33. The van der Waals surface area contributed by atoms with Crippen molar-refractivity contribution in [1.82, 2.24) is 10.3 Å². The van der Waals surface area contributed by atoms with Crippen LogP contribution in [-0.4, -0.2) is 17.6 Å². The zero-order chi connectivity index (χ0) is 14.2. The summed E-state index contributed by atoms with van der Waals surface area (Å²) in [4.78, 5) is 4.47. The van der Waals surface area contributed by atoms with E-state index in [1.807, 2.05) is 6.20 Å². The lowest BCUT2D eigenvalue weighted by Gasteiger charge is -2.51. The van der Waals surface area contributed by atoms with Crippen molar-refractivity contribution in [2.45, 2.75) is 25.3 Å². The number of aromatic nitrogens is 1. The normalized spacial score (nSPS) is 31.4. The lowest BCUT2D eigenvalue weighted by Crippen LogP contribution is -2.55. The molecule has 2 nitrogen and oxygen atoms in total. The molecule has 1 saturated heterocycles. The number of nitrogens with zero attached hydrogens (tertiary/aromatic N) is 1. The molecule has 1 aliphatic carbocycles. The first kappa shape index (κ1) is 13.0. The van der Waals surface area contributed by atoms with E-state index < -0.39 is 0 Å². The van der Waals surface area contributed by atoms with Crippen molar-refractivity contribution in [3.63, 3.8) is 0 Å². The van der Waals surface area contributed by atoms with E-state index in [4.69, 9.17) is 0 Å². The number of pyridine rings is 1. The van der Waals surface area contributed by atoms with Crippen LogP contribution in [0.4, 0.5) is 0 Å². The molecule has 2 aliphatic rings. The Morgan fingerprint density at radius 1 is 1.24 bits per heavy atom. The zero-order valence-corrected chi connectivity index (χ0v) is 12.3. The molecule has 1 aromatic heterocycles. The topological polar surface area (TPSA) is 24.9 Å². The van der Waals surface area contributed by atoms with Gasteiger partial charge in [0.15, 0.2) is 0 Å². The predicted molar refractivity (Wildman–Crippen MR) is 87.1 cm³/mol. The molecule has 21 heavy (non-hydrogen) atoms. The summed E-state index contributed by atoms with van der Waals surface area (Å²) in [5.74, 6) is 2.45. The Balaban J connectivity index is 1.59. The van der Waals surface area contributed by atoms with Gasteiger partial charge in [-0.15, -0.1) is 6.58 Å². The average molecular weight is 278 g/mol. The van der Waals surface area contributed by atoms with E-state index in [1.54, 1.807) is 0 Å². The van der Waals surface area contributed by atoms with Crippen LogP contribution in [0, 0.1) is 17.8 Å². The van der Waals surface area contributed by atoms with Crippen molar-refractivity contribution >= 4 is 10.9 Å². The number of para-hydroxylation sites is 1. The van der Waals surface area contributed by atoms with Gasteiger partial charge in [-0.3, -0.25) is 4.98 Å². The van der Waals surface area contributed by atoms with Gasteiger partial charge in [-0.1, -0.05) is 24.3 Å². The molecular formula is C19H22N2. The molecule has 2 aromatic rings. The van der Waals surface area contributed by atoms with Crippen molar-refractivity contribution in [3.8, 4) is 0 Å². The Bertz CT molecular complexity index is 658. The quantitative estimate of drug-likeness (QED) is 0.868. The van der Waals surface area contributed by atoms with Crippen LogP contribution in [0.15, 0.2) is 49.2 Å². The maximum Gasteiger partial charge on any atom is 0.0704 e. The van der Waals surface area contributed by atoms with Gasteiger partial charge in [0.1, 0.15) is 0 Å². The molecule has 2 heterocycles. The minimum absolute atomic E-state index is 0.616. The SMILES string of the molecule is C=CC1CC2C(Cc3ccnc4ccccc34)NCCC12. The van der Waals surface area contributed by atoms with Gasteiger partial charge in [-0.05, 0) is 61.3 Å². The molecule has 0 amide bonds. The molecule has 0 spiro atoms. The molecule has 0 radical (unpaired) electrons. The third kappa shape index (κ3) is 2.18. The number of fused-ring (bicyclic) bond motifs is 2. The molecule has 4 atom stereocenters. The number of allylic oxidation sites excluding steroid dienone is 1. The number of hydrogen-bond acceptors (Lipinski definition) is 2. The Morgan fingerprint density at radius 2 is 2.14 bits per heavy atom. The lowest BCUT2D eigenvalue weighted by molar-refractivity contribution is 0.0340. The number of nitrogens with one attached hydrogen (secondary N) is 1. The highest BCUT2D eigenvalue weighted by molar-refractivity contribution is 5.81. The van der Waals surface area contributed by atoms with E-state index in [9.17, 15) is 0 Å². The molecule has 1 N–H and O–H groups in total. The molecule has 2 heteroatoms. The maximum absolute atomic E-state index is 4.47. The van der Waals surface area contributed by atoms with Crippen molar-refractivity contribution < 1.29 is 0 Å². The zero-order valence-electron chi connectivity index (χ0n) is 12.3. The summed E-state index contributed by atoms with van der Waals surface area (Å²) in [6.45, 7) is 5.15. The molecule has 4 rings (SSSR count). The summed E-state index contributed by atoms with van der Waals surface area (Å²) in [5, 5.41) is 5.06. The highest BCUT2D eigenvalue weighted by Crippen LogP contribution is 2.47. The lowest BCUT2D eigenvalue weighted by atomic mass is 9.58. The van der Waals surface area contributed by atoms with Crippen molar-refractivity contribution in [2.24, 2.45) is 17.8 Å². The Hall–Kier alpha value is -1.67. The summed E-state index contributed by atoms with van der Waals surface area (Å²) in [7, 11) is 0. The molecule has 1 aliphatic heterocycles. The maximum atomic E-state index is 4.47. The van der Waals surface area contributed by atoms with Crippen LogP contribution >= 0.6 is 0 Å². The Kier molecular flexibility index (Phi) is 3.27. The third-order valence-corrected chi connectivity index (χ3v) is 5.53. The summed E-state index contributed by atoms with van der Waals surface area (Å²) >= 11 is 0. The molecule has 1 aromatic carbocycles. The molecular weight excluding hydrogens is 256 g/mol. The van der Waals surface area contributed by atoms with E-state index in [0.717, 1.165) is 36.2 Å². The van der Waals surface area contributed by atoms with Crippen LogP contribution in [0.5, 0.6) is 0 Å². The summed E-state index contributed by atoms with van der Waals surface area (Å²) in [5.41, 5.74) is 2.54. The van der Waals surface area contributed by atoms with Crippen LogP contribution in [0.2, 0.25) is 0 Å². The fourth-order valence-corrected chi connectivity index (χ4v) is 4.33. The second-order valence-corrected chi connectivity index (χ2v) is 6.50. The Labute approximate surface area is 126 Å². The second kappa shape index (κ2) is 5.27. The van der Waals surface area contributed by atoms with E-state index in [1.165, 1.54) is 23.8 Å². The molecule has 4 unspecified atom stereocenters. The number of hydrogen-bond donors (Lipinski definition) is 1. The first-order valence-electron chi connectivity index (χ1n) is 8.05. The first-order valence-corrected chi connectivity index (χ1v) is 8.05. The number of rotatable bonds is 3. The summed E-state index contributed by atoms with van der Waals surface area (Å²) in [6.07, 6.45) is 7.87. The van der Waals surface area contributed by atoms with Crippen LogP contribution in [-0.2, 0) is 6.42 Å². The highest BCUT2D eigenvalue weighted by atomic mass is 14.9. The smallest absolute Gasteiger partial charge is 0.0704 e. The molecule has 108 valence electrons. The van der Waals surface area contributed by atoms with Crippen molar-refractivity contribution in [3.05, 3.63) is 54.7 Å². The van der Waals surface area contributed by atoms with Crippen LogP contribution in [0.1, 0.15) is 18.4 Å². The van der Waals surface area contributed by atoms with Gasteiger partial charge < -0.3 is 5.32 Å². The van der Waals surface area contributed by atoms with Crippen LogP contribution in [0.25, 0.3) is 10.9 Å². The van der Waals surface area contributed by atoms with Gasteiger partial charge in [-0.25, -0.2) is 0 Å². The number of piperidine rings is 1. The summed E-state index contributed by atoms with van der Waals surface area (Å²) < 4.78 is 0. The fraction of sp³-hybridized carbons (Fsp3) is 0.421.